The number of aliphatic hydroxyl groups excluding tert-OH is 2. The Morgan fingerprint density at radius 2 is 2.09 bits per heavy atom. The zero-order valence-corrected chi connectivity index (χ0v) is 13.6. The molecule has 2 aliphatic carbocycles. The van der Waals surface area contributed by atoms with E-state index in [0.717, 1.165) is 6.42 Å². The van der Waals surface area contributed by atoms with E-state index in [1.54, 1.807) is 13.8 Å². The van der Waals surface area contributed by atoms with Crippen molar-refractivity contribution in [2.24, 2.45) is 23.2 Å². The maximum atomic E-state index is 12.3. The molecule has 1 saturated carbocycles. The first-order valence-corrected chi connectivity index (χ1v) is 7.87. The molecule has 1 amide bonds. The Bertz CT molecular complexity index is 513. The molecule has 0 aromatic rings. The van der Waals surface area contributed by atoms with Crippen molar-refractivity contribution in [3.8, 4) is 0 Å². The highest BCUT2D eigenvalue weighted by molar-refractivity contribution is 5.83. The number of ether oxygens (including phenoxy) is 1. The maximum absolute atomic E-state index is 12.3. The Hall–Kier alpha value is -1.66. The number of allylic oxidation sites excluding steroid dienone is 1. The summed E-state index contributed by atoms with van der Waals surface area (Å²) in [7, 11) is 0. The van der Waals surface area contributed by atoms with Crippen molar-refractivity contribution in [2.75, 3.05) is 13.2 Å². The predicted molar refractivity (Wildman–Crippen MR) is 84.2 cm³/mol. The van der Waals surface area contributed by atoms with Crippen LogP contribution in [0.5, 0.6) is 0 Å². The summed E-state index contributed by atoms with van der Waals surface area (Å²) in [6.07, 6.45) is 4.93. The molecule has 5 atom stereocenters. The van der Waals surface area contributed by atoms with Gasteiger partial charge in [-0.25, -0.2) is 0 Å². The minimum Gasteiger partial charge on any atom is -0.461 e. The molecule has 23 heavy (non-hydrogen) atoms. The van der Waals surface area contributed by atoms with Gasteiger partial charge in [-0.05, 0) is 18.3 Å². The molecule has 2 bridgehead atoms. The smallest absolute Gasteiger partial charge is 0.311 e. The van der Waals surface area contributed by atoms with E-state index in [-0.39, 0.29) is 37.1 Å². The molecule has 0 saturated heterocycles. The van der Waals surface area contributed by atoms with Crippen LogP contribution in [-0.4, -0.2) is 47.4 Å². The highest BCUT2D eigenvalue weighted by Crippen LogP contribution is 2.44. The molecule has 0 aliphatic heterocycles. The molecule has 0 aromatic heterocycles. The molecule has 0 spiro atoms. The maximum Gasteiger partial charge on any atom is 0.311 e. The second kappa shape index (κ2) is 6.84. The Balaban J connectivity index is 2.08. The van der Waals surface area contributed by atoms with Crippen LogP contribution in [-0.2, 0) is 14.3 Å². The number of hydrogen-bond acceptors (Lipinski definition) is 5. The van der Waals surface area contributed by atoms with Crippen molar-refractivity contribution in [1.29, 1.82) is 0 Å². The van der Waals surface area contributed by atoms with Gasteiger partial charge in [-0.3, -0.25) is 9.59 Å². The van der Waals surface area contributed by atoms with Gasteiger partial charge >= 0.3 is 5.97 Å². The summed E-state index contributed by atoms with van der Waals surface area (Å²) < 4.78 is 5.14. The van der Waals surface area contributed by atoms with Crippen molar-refractivity contribution >= 4 is 11.9 Å². The largest absolute Gasteiger partial charge is 0.461 e. The Kier molecular flexibility index (Phi) is 5.26. The third-order valence-electron chi connectivity index (χ3n) is 4.78. The van der Waals surface area contributed by atoms with Crippen LogP contribution < -0.4 is 5.32 Å². The van der Waals surface area contributed by atoms with Gasteiger partial charge in [-0.15, -0.1) is 0 Å². The molecule has 0 aromatic carbocycles. The quantitative estimate of drug-likeness (QED) is 0.466. The fourth-order valence-corrected chi connectivity index (χ4v) is 3.26. The van der Waals surface area contributed by atoms with E-state index in [4.69, 9.17) is 4.74 Å². The molecule has 1 fully saturated rings. The molecule has 0 radical (unpaired) electrons. The van der Waals surface area contributed by atoms with Crippen molar-refractivity contribution < 1.29 is 24.5 Å². The van der Waals surface area contributed by atoms with E-state index in [1.807, 2.05) is 12.2 Å². The number of carbonyl (C=O) groups excluding carboxylic acids is 2. The van der Waals surface area contributed by atoms with Crippen LogP contribution in [0.4, 0.5) is 0 Å². The lowest BCUT2D eigenvalue weighted by Crippen LogP contribution is -2.53. The zero-order valence-electron chi connectivity index (χ0n) is 13.6. The average Bonchev–Trinajstić information content (AvgIpc) is 3.12. The molecule has 2 aliphatic rings. The molecule has 3 N–H and O–H groups in total. The van der Waals surface area contributed by atoms with E-state index in [9.17, 15) is 19.8 Å². The van der Waals surface area contributed by atoms with Crippen molar-refractivity contribution in [1.82, 2.24) is 5.32 Å². The lowest BCUT2D eigenvalue weighted by atomic mass is 9.85. The van der Waals surface area contributed by atoms with Crippen LogP contribution in [0.1, 0.15) is 20.3 Å². The summed E-state index contributed by atoms with van der Waals surface area (Å²) in [6.45, 7) is 6.55. The molecule has 6 heteroatoms. The second-order valence-electron chi connectivity index (χ2n) is 6.98. The van der Waals surface area contributed by atoms with E-state index >= 15 is 0 Å². The number of esters is 1. The number of hydrogen-bond donors (Lipinski definition) is 3. The lowest BCUT2D eigenvalue weighted by molar-refractivity contribution is -0.150. The summed E-state index contributed by atoms with van der Waals surface area (Å²) >= 11 is 0. The van der Waals surface area contributed by atoms with Gasteiger partial charge < -0.3 is 20.3 Å². The van der Waals surface area contributed by atoms with Crippen LogP contribution in [0.25, 0.3) is 0 Å². The SMILES string of the molecule is C=CCOC(=O)[C@@H]1[C@@H](NC(=O)[C@H](O)C(C)(C)CO)[C@H]2C=C[C@@H]1C2. The van der Waals surface area contributed by atoms with Crippen molar-refractivity contribution in [3.05, 3.63) is 24.8 Å². The van der Waals surface area contributed by atoms with Crippen LogP contribution >= 0.6 is 0 Å². The normalized spacial score (nSPS) is 30.1. The minimum atomic E-state index is -1.35. The summed E-state index contributed by atoms with van der Waals surface area (Å²) in [6, 6.07) is -0.390. The molecule has 2 rings (SSSR count). The fourth-order valence-electron chi connectivity index (χ4n) is 3.26. The standard InChI is InChI=1S/C17H25NO5/c1-4-7-23-16(22)12-10-5-6-11(8-10)13(12)18-15(21)14(20)17(2,3)9-19/h4-6,10-14,19-20H,1,7-9H2,2-3H3,(H,18,21)/t10-,11+,12+,13+,14+/m1/s1. The summed E-state index contributed by atoms with van der Waals surface area (Å²) in [5.74, 6) is -1.27. The van der Waals surface area contributed by atoms with Gasteiger partial charge in [-0.2, -0.15) is 0 Å². The van der Waals surface area contributed by atoms with Gasteiger partial charge in [0, 0.05) is 11.5 Å². The summed E-state index contributed by atoms with van der Waals surface area (Å²) in [5, 5.41) is 22.2. The lowest BCUT2D eigenvalue weighted by Gasteiger charge is -2.32. The second-order valence-corrected chi connectivity index (χ2v) is 6.98. The van der Waals surface area contributed by atoms with Gasteiger partial charge in [0.1, 0.15) is 12.7 Å². The third kappa shape index (κ3) is 3.48. The van der Waals surface area contributed by atoms with Crippen molar-refractivity contribution in [2.45, 2.75) is 32.4 Å². The minimum absolute atomic E-state index is 0.0469. The highest BCUT2D eigenvalue weighted by atomic mass is 16.5. The first kappa shape index (κ1) is 17.7. The number of aliphatic hydroxyl groups is 2. The van der Waals surface area contributed by atoms with Crippen LogP contribution in [0.2, 0.25) is 0 Å². The number of fused-ring (bicyclic) bond motifs is 2. The Morgan fingerprint density at radius 3 is 2.70 bits per heavy atom. The first-order chi connectivity index (χ1) is 10.8. The van der Waals surface area contributed by atoms with E-state index in [2.05, 4.69) is 11.9 Å². The van der Waals surface area contributed by atoms with E-state index < -0.39 is 23.3 Å². The number of nitrogens with one attached hydrogen (secondary N) is 1. The molecular formula is C17H25NO5. The van der Waals surface area contributed by atoms with Gasteiger partial charge in [0.2, 0.25) is 5.91 Å². The van der Waals surface area contributed by atoms with Crippen LogP contribution in [0, 0.1) is 23.2 Å². The number of amides is 1. The van der Waals surface area contributed by atoms with Gasteiger partial charge in [0.15, 0.2) is 0 Å². The molecule has 0 heterocycles. The molecule has 128 valence electrons. The third-order valence-corrected chi connectivity index (χ3v) is 4.78. The molecule has 0 unspecified atom stereocenters. The van der Waals surface area contributed by atoms with Crippen LogP contribution in [0.3, 0.4) is 0 Å². The van der Waals surface area contributed by atoms with Gasteiger partial charge in [0.05, 0.1) is 12.5 Å². The average molecular weight is 323 g/mol. The van der Waals surface area contributed by atoms with E-state index in [0.29, 0.717) is 0 Å². The zero-order chi connectivity index (χ0) is 17.2. The summed E-state index contributed by atoms with van der Waals surface area (Å²) in [4.78, 5) is 24.5. The molecular weight excluding hydrogens is 298 g/mol. The topological polar surface area (TPSA) is 95.9 Å². The summed E-state index contributed by atoms with van der Waals surface area (Å²) in [5.41, 5.74) is -0.948. The van der Waals surface area contributed by atoms with E-state index in [1.165, 1.54) is 6.08 Å². The fraction of sp³-hybridized carbons (Fsp3) is 0.647. The molecule has 6 nitrogen and oxygen atoms in total. The number of carbonyl (C=O) groups is 2. The predicted octanol–water partition coefficient (Wildman–Crippen LogP) is 0.402. The Labute approximate surface area is 136 Å². The highest BCUT2D eigenvalue weighted by Gasteiger charge is 2.50. The Morgan fingerprint density at radius 1 is 1.43 bits per heavy atom. The van der Waals surface area contributed by atoms with Gasteiger partial charge in [-0.1, -0.05) is 38.7 Å². The van der Waals surface area contributed by atoms with Crippen molar-refractivity contribution in [3.63, 3.8) is 0 Å². The van der Waals surface area contributed by atoms with Crippen LogP contribution in [0.15, 0.2) is 24.8 Å². The van der Waals surface area contributed by atoms with Gasteiger partial charge in [0.25, 0.3) is 0 Å². The monoisotopic (exact) mass is 323 g/mol. The first-order valence-electron chi connectivity index (χ1n) is 7.87. The number of rotatable bonds is 7.